The van der Waals surface area contributed by atoms with Gasteiger partial charge in [0.2, 0.25) is 0 Å². The van der Waals surface area contributed by atoms with Crippen LogP contribution in [0.2, 0.25) is 0 Å². The van der Waals surface area contributed by atoms with Crippen molar-refractivity contribution in [1.29, 1.82) is 0 Å². The number of aliphatic hydroxyl groups excluding tert-OH is 1. The molecule has 0 spiro atoms. The highest BCUT2D eigenvalue weighted by Crippen LogP contribution is 2.44. The summed E-state index contributed by atoms with van der Waals surface area (Å²) >= 11 is 0. The number of aliphatic hydroxyl groups is 1. The highest BCUT2D eigenvalue weighted by molar-refractivity contribution is 5.76. The molecule has 3 saturated heterocycles. The lowest BCUT2D eigenvalue weighted by Crippen LogP contribution is -2.54. The summed E-state index contributed by atoms with van der Waals surface area (Å²) in [6.07, 6.45) is 12.3. The maximum atomic E-state index is 13.2. The monoisotopic (exact) mass is 348 g/mol. The molecule has 5 heteroatoms. The number of carbonyl (C=O) groups is 1. The van der Waals surface area contributed by atoms with Crippen LogP contribution < -0.4 is 0 Å². The second-order valence-electron chi connectivity index (χ2n) is 8.27. The van der Waals surface area contributed by atoms with E-state index < -0.39 is 0 Å². The van der Waals surface area contributed by atoms with Crippen LogP contribution in [0.5, 0.6) is 0 Å². The molecule has 0 aromatic carbocycles. The minimum absolute atomic E-state index is 0.113. The van der Waals surface area contributed by atoms with E-state index in [1.165, 1.54) is 0 Å². The summed E-state index contributed by atoms with van der Waals surface area (Å²) in [5, 5.41) is 9.28. The highest BCUT2D eigenvalue weighted by Gasteiger charge is 2.46. The Kier molecular flexibility index (Phi) is 4.85. The van der Waals surface area contributed by atoms with Crippen LogP contribution in [0.3, 0.4) is 0 Å². The number of fused-ring (bicyclic) bond motifs is 2. The van der Waals surface area contributed by atoms with Gasteiger partial charge >= 0.3 is 6.03 Å². The molecule has 1 N–H and O–H groups in total. The van der Waals surface area contributed by atoms with E-state index in [-0.39, 0.29) is 18.5 Å². The van der Waals surface area contributed by atoms with Crippen LogP contribution in [0.4, 0.5) is 9.18 Å². The van der Waals surface area contributed by atoms with Gasteiger partial charge < -0.3 is 14.9 Å². The largest absolute Gasteiger partial charge is 0.396 e. The maximum Gasteiger partial charge on any atom is 0.320 e. The van der Waals surface area contributed by atoms with E-state index in [0.29, 0.717) is 29.8 Å². The van der Waals surface area contributed by atoms with Crippen molar-refractivity contribution in [2.24, 2.45) is 17.8 Å². The number of amides is 2. The Morgan fingerprint density at radius 3 is 2.40 bits per heavy atom. The molecule has 2 amide bonds. The molecule has 25 heavy (non-hydrogen) atoms. The Morgan fingerprint density at radius 2 is 1.84 bits per heavy atom. The van der Waals surface area contributed by atoms with Gasteiger partial charge in [-0.15, -0.1) is 0 Å². The number of likely N-dealkylation sites (tertiary alicyclic amines) is 1. The van der Waals surface area contributed by atoms with Gasteiger partial charge in [0, 0.05) is 31.8 Å². The Hall–Kier alpha value is -1.36. The zero-order valence-electron chi connectivity index (χ0n) is 14.8. The zero-order valence-corrected chi connectivity index (χ0v) is 14.8. The standard InChI is InChI=1S/C20H29FN2O2/c21-17-3-1-15(2-4-17)16-11-18-5-6-19(12-16)23(18)20(25)22-9-7-14(13-24)8-10-22/h1,3-4,14-16,18-19,24H,2,5-13H2/t15?,16?,18-,19+. The van der Waals surface area contributed by atoms with Crippen molar-refractivity contribution in [3.05, 3.63) is 24.1 Å². The van der Waals surface area contributed by atoms with Gasteiger partial charge in [0.25, 0.3) is 0 Å². The van der Waals surface area contributed by atoms with Crippen LogP contribution in [0.25, 0.3) is 0 Å². The summed E-state index contributed by atoms with van der Waals surface area (Å²) in [7, 11) is 0. The zero-order chi connectivity index (χ0) is 17.4. The van der Waals surface area contributed by atoms with Crippen molar-refractivity contribution in [2.45, 2.75) is 57.0 Å². The summed E-state index contributed by atoms with van der Waals surface area (Å²) in [5.41, 5.74) is 0. The average molecular weight is 348 g/mol. The summed E-state index contributed by atoms with van der Waals surface area (Å²) in [6.45, 7) is 1.79. The van der Waals surface area contributed by atoms with E-state index in [1.807, 2.05) is 11.0 Å². The van der Waals surface area contributed by atoms with Gasteiger partial charge in [-0.25, -0.2) is 9.18 Å². The third-order valence-corrected chi connectivity index (χ3v) is 6.83. The Morgan fingerprint density at radius 1 is 1.16 bits per heavy atom. The van der Waals surface area contributed by atoms with Crippen LogP contribution in [0.1, 0.15) is 44.9 Å². The molecule has 138 valence electrons. The molecule has 2 unspecified atom stereocenters. The summed E-state index contributed by atoms with van der Waals surface area (Å²) < 4.78 is 13.2. The molecular formula is C20H29FN2O2. The van der Waals surface area contributed by atoms with Gasteiger partial charge in [-0.1, -0.05) is 6.08 Å². The number of nitrogens with zero attached hydrogens (tertiary/aromatic N) is 2. The van der Waals surface area contributed by atoms with Crippen LogP contribution >= 0.6 is 0 Å². The summed E-state index contributed by atoms with van der Waals surface area (Å²) in [4.78, 5) is 17.2. The van der Waals surface area contributed by atoms with Crippen molar-refractivity contribution in [3.8, 4) is 0 Å². The van der Waals surface area contributed by atoms with Gasteiger partial charge in [0.15, 0.2) is 0 Å². The highest BCUT2D eigenvalue weighted by atomic mass is 19.1. The van der Waals surface area contributed by atoms with Crippen LogP contribution in [-0.2, 0) is 0 Å². The Bertz CT molecular complexity index is 554. The fourth-order valence-corrected chi connectivity index (χ4v) is 5.31. The third-order valence-electron chi connectivity index (χ3n) is 6.83. The van der Waals surface area contributed by atoms with Gasteiger partial charge in [-0.2, -0.15) is 0 Å². The fourth-order valence-electron chi connectivity index (χ4n) is 5.31. The maximum absolute atomic E-state index is 13.2. The topological polar surface area (TPSA) is 43.8 Å². The number of urea groups is 1. The number of hydrogen-bond acceptors (Lipinski definition) is 2. The number of halogens is 1. The van der Waals surface area contributed by atoms with Crippen LogP contribution in [0.15, 0.2) is 24.1 Å². The molecule has 4 aliphatic rings. The first-order chi connectivity index (χ1) is 12.2. The molecular weight excluding hydrogens is 319 g/mol. The SMILES string of the molecule is O=C(N1CCC(CO)CC1)N1[C@@H]2CC[C@H]1CC(C1C=CC(F)=CC1)C2. The molecule has 0 radical (unpaired) electrons. The molecule has 1 aliphatic carbocycles. The number of piperidine rings is 2. The normalized spacial score (nSPS) is 35.8. The van der Waals surface area contributed by atoms with E-state index in [2.05, 4.69) is 4.90 Å². The molecule has 3 heterocycles. The number of hydrogen-bond donors (Lipinski definition) is 1. The average Bonchev–Trinajstić information content (AvgIpc) is 2.91. The first-order valence-corrected chi connectivity index (χ1v) is 9.87. The lowest BCUT2D eigenvalue weighted by molar-refractivity contribution is 0.0691. The molecule has 0 aromatic heterocycles. The second kappa shape index (κ2) is 7.10. The van der Waals surface area contributed by atoms with Gasteiger partial charge in [0.05, 0.1) is 0 Å². The van der Waals surface area contributed by atoms with Gasteiger partial charge in [-0.05, 0) is 74.9 Å². The minimum Gasteiger partial charge on any atom is -0.396 e. The molecule has 3 aliphatic heterocycles. The molecule has 3 fully saturated rings. The van der Waals surface area contributed by atoms with E-state index >= 15 is 0 Å². The predicted molar refractivity (Wildman–Crippen MR) is 94.6 cm³/mol. The number of allylic oxidation sites excluding steroid dienone is 4. The van der Waals surface area contributed by atoms with E-state index in [9.17, 15) is 14.3 Å². The summed E-state index contributed by atoms with van der Waals surface area (Å²) in [6, 6.07) is 0.930. The first kappa shape index (κ1) is 17.1. The Balaban J connectivity index is 1.38. The molecule has 0 aromatic rings. The van der Waals surface area contributed by atoms with E-state index in [1.54, 1.807) is 12.2 Å². The smallest absolute Gasteiger partial charge is 0.320 e. The van der Waals surface area contributed by atoms with Crippen LogP contribution in [-0.4, -0.2) is 52.7 Å². The second-order valence-corrected chi connectivity index (χ2v) is 8.27. The van der Waals surface area contributed by atoms with Crippen molar-refractivity contribution in [1.82, 2.24) is 9.80 Å². The fraction of sp³-hybridized carbons (Fsp3) is 0.750. The third kappa shape index (κ3) is 3.35. The number of rotatable bonds is 2. The van der Waals surface area contributed by atoms with E-state index in [0.717, 1.165) is 58.0 Å². The van der Waals surface area contributed by atoms with Crippen molar-refractivity contribution >= 4 is 6.03 Å². The lowest BCUT2D eigenvalue weighted by Gasteiger charge is -2.44. The van der Waals surface area contributed by atoms with Crippen molar-refractivity contribution in [3.63, 3.8) is 0 Å². The van der Waals surface area contributed by atoms with Crippen molar-refractivity contribution < 1.29 is 14.3 Å². The van der Waals surface area contributed by atoms with Crippen LogP contribution in [0, 0.1) is 17.8 Å². The van der Waals surface area contributed by atoms with E-state index in [4.69, 9.17) is 0 Å². The Labute approximate surface area is 149 Å². The molecule has 4 rings (SSSR count). The predicted octanol–water partition coefficient (Wildman–Crippen LogP) is 3.48. The quantitative estimate of drug-likeness (QED) is 0.830. The van der Waals surface area contributed by atoms with Gasteiger partial charge in [0.1, 0.15) is 5.83 Å². The lowest BCUT2D eigenvalue weighted by atomic mass is 9.78. The molecule has 0 saturated carbocycles. The minimum atomic E-state index is -0.113. The number of carbonyl (C=O) groups excluding carboxylic acids is 1. The molecule has 2 bridgehead atoms. The molecule has 4 atom stereocenters. The summed E-state index contributed by atoms with van der Waals surface area (Å²) in [5.74, 6) is 1.25. The first-order valence-electron chi connectivity index (χ1n) is 9.87. The molecule has 4 nitrogen and oxygen atoms in total. The van der Waals surface area contributed by atoms with Gasteiger partial charge in [-0.3, -0.25) is 0 Å². The van der Waals surface area contributed by atoms with Crippen molar-refractivity contribution in [2.75, 3.05) is 19.7 Å².